The highest BCUT2D eigenvalue weighted by Crippen LogP contribution is 2.20. The Bertz CT molecular complexity index is 1120. The summed E-state index contributed by atoms with van der Waals surface area (Å²) in [6.45, 7) is 3.82. The lowest BCUT2D eigenvalue weighted by Gasteiger charge is -2.10. The first-order valence-electron chi connectivity index (χ1n) is 9.07. The van der Waals surface area contributed by atoms with Crippen molar-refractivity contribution in [3.8, 4) is 0 Å². The summed E-state index contributed by atoms with van der Waals surface area (Å²) in [4.78, 5) is 12.2. The lowest BCUT2D eigenvalue weighted by Crippen LogP contribution is -2.13. The second-order valence-corrected chi connectivity index (χ2v) is 8.42. The van der Waals surface area contributed by atoms with Crippen LogP contribution in [-0.2, 0) is 14.8 Å². The summed E-state index contributed by atoms with van der Waals surface area (Å²) < 4.78 is 27.8. The van der Waals surface area contributed by atoms with Crippen LogP contribution in [0.4, 0.5) is 11.4 Å². The number of nitrogens with one attached hydrogen (secondary N) is 2. The van der Waals surface area contributed by atoms with Crippen LogP contribution in [-0.4, -0.2) is 14.3 Å². The van der Waals surface area contributed by atoms with Gasteiger partial charge in [-0.1, -0.05) is 36.4 Å². The Morgan fingerprint density at radius 3 is 2.07 bits per heavy atom. The van der Waals surface area contributed by atoms with E-state index >= 15 is 0 Å². The van der Waals surface area contributed by atoms with E-state index in [-0.39, 0.29) is 10.8 Å². The number of carbonyl (C=O) groups excluding carboxylic acids is 1. The van der Waals surface area contributed by atoms with E-state index in [1.807, 2.05) is 50.2 Å². The van der Waals surface area contributed by atoms with Crippen molar-refractivity contribution in [2.75, 3.05) is 10.0 Å². The van der Waals surface area contributed by atoms with Crippen molar-refractivity contribution < 1.29 is 13.2 Å². The summed E-state index contributed by atoms with van der Waals surface area (Å²) >= 11 is 0. The number of benzene rings is 3. The van der Waals surface area contributed by atoms with Gasteiger partial charge >= 0.3 is 0 Å². The van der Waals surface area contributed by atoms with Crippen LogP contribution < -0.4 is 10.0 Å². The molecular formula is C23H22N2O3S. The number of carbonyl (C=O) groups is 1. The largest absolute Gasteiger partial charge is 0.323 e. The average molecular weight is 407 g/mol. The number of hydrogen-bond donors (Lipinski definition) is 2. The van der Waals surface area contributed by atoms with Gasteiger partial charge in [-0.3, -0.25) is 9.52 Å². The smallest absolute Gasteiger partial charge is 0.261 e. The van der Waals surface area contributed by atoms with Crippen LogP contribution >= 0.6 is 0 Å². The molecule has 6 heteroatoms. The molecule has 0 aliphatic rings. The molecule has 2 N–H and O–H groups in total. The highest BCUT2D eigenvalue weighted by atomic mass is 32.2. The molecule has 0 aliphatic heterocycles. The Labute approximate surface area is 171 Å². The second kappa shape index (κ2) is 8.75. The quantitative estimate of drug-likeness (QED) is 0.580. The van der Waals surface area contributed by atoms with Crippen LogP contribution in [0, 0.1) is 13.8 Å². The SMILES string of the molecule is Cc1cc(C)cc(NS(=O)(=O)c2ccc(NC(=O)C=Cc3ccccc3)cc2)c1. The average Bonchev–Trinajstić information content (AvgIpc) is 2.66. The van der Waals surface area contributed by atoms with Gasteiger partial charge in [-0.2, -0.15) is 0 Å². The van der Waals surface area contributed by atoms with Gasteiger partial charge in [-0.25, -0.2) is 8.42 Å². The summed E-state index contributed by atoms with van der Waals surface area (Å²) in [5, 5.41) is 2.71. The van der Waals surface area contributed by atoms with Crippen LogP contribution in [0.15, 0.2) is 83.8 Å². The third-order valence-electron chi connectivity index (χ3n) is 4.13. The predicted octanol–water partition coefficient (Wildman–Crippen LogP) is 4.76. The van der Waals surface area contributed by atoms with Gasteiger partial charge in [0.2, 0.25) is 5.91 Å². The minimum absolute atomic E-state index is 0.120. The van der Waals surface area contributed by atoms with Crippen molar-refractivity contribution in [2.24, 2.45) is 0 Å². The lowest BCUT2D eigenvalue weighted by molar-refractivity contribution is -0.111. The molecule has 0 radical (unpaired) electrons. The van der Waals surface area contributed by atoms with Gasteiger partial charge in [-0.05, 0) is 73.0 Å². The van der Waals surface area contributed by atoms with Crippen LogP contribution in [0.2, 0.25) is 0 Å². The zero-order valence-corrected chi connectivity index (χ0v) is 17.0. The molecule has 0 bridgehead atoms. The predicted molar refractivity (Wildman–Crippen MR) is 117 cm³/mol. The fourth-order valence-corrected chi connectivity index (χ4v) is 3.93. The molecule has 3 aromatic carbocycles. The summed E-state index contributed by atoms with van der Waals surface area (Å²) in [6, 6.07) is 21.0. The number of amides is 1. The normalized spacial score (nSPS) is 11.4. The van der Waals surface area contributed by atoms with Crippen molar-refractivity contribution in [3.05, 3.63) is 95.6 Å². The van der Waals surface area contributed by atoms with Crippen molar-refractivity contribution in [2.45, 2.75) is 18.7 Å². The molecular weight excluding hydrogens is 384 g/mol. The maximum atomic E-state index is 12.6. The number of rotatable bonds is 6. The van der Waals surface area contributed by atoms with Crippen LogP contribution in [0.3, 0.4) is 0 Å². The highest BCUT2D eigenvalue weighted by Gasteiger charge is 2.14. The van der Waals surface area contributed by atoms with E-state index in [0.717, 1.165) is 16.7 Å². The van der Waals surface area contributed by atoms with E-state index in [2.05, 4.69) is 10.0 Å². The van der Waals surface area contributed by atoms with E-state index in [0.29, 0.717) is 11.4 Å². The summed E-state index contributed by atoms with van der Waals surface area (Å²) in [5.74, 6) is -0.294. The van der Waals surface area contributed by atoms with E-state index in [9.17, 15) is 13.2 Å². The van der Waals surface area contributed by atoms with Crippen LogP contribution in [0.1, 0.15) is 16.7 Å². The summed E-state index contributed by atoms with van der Waals surface area (Å²) in [6.07, 6.45) is 3.14. The Hall–Kier alpha value is -3.38. The monoisotopic (exact) mass is 406 g/mol. The molecule has 0 unspecified atom stereocenters. The first kappa shape index (κ1) is 20.4. The fraction of sp³-hybridized carbons (Fsp3) is 0.0870. The minimum Gasteiger partial charge on any atom is -0.323 e. The summed E-state index contributed by atoms with van der Waals surface area (Å²) in [7, 11) is -3.72. The molecule has 0 aromatic heterocycles. The molecule has 3 rings (SSSR count). The molecule has 3 aromatic rings. The topological polar surface area (TPSA) is 75.3 Å². The highest BCUT2D eigenvalue weighted by molar-refractivity contribution is 7.92. The van der Waals surface area contributed by atoms with E-state index < -0.39 is 10.0 Å². The molecule has 0 aliphatic carbocycles. The van der Waals surface area contributed by atoms with E-state index in [1.165, 1.54) is 18.2 Å². The molecule has 0 saturated carbocycles. The Morgan fingerprint density at radius 1 is 0.828 bits per heavy atom. The van der Waals surface area contributed by atoms with Gasteiger partial charge in [0.25, 0.3) is 10.0 Å². The molecule has 0 heterocycles. The maximum absolute atomic E-state index is 12.6. The zero-order valence-electron chi connectivity index (χ0n) is 16.2. The minimum atomic E-state index is -3.72. The molecule has 5 nitrogen and oxygen atoms in total. The van der Waals surface area contributed by atoms with Crippen molar-refractivity contribution in [1.82, 2.24) is 0 Å². The fourth-order valence-electron chi connectivity index (χ4n) is 2.89. The Kier molecular flexibility index (Phi) is 6.14. The zero-order chi connectivity index (χ0) is 20.9. The molecule has 0 spiro atoms. The van der Waals surface area contributed by atoms with Gasteiger partial charge in [0.15, 0.2) is 0 Å². The van der Waals surface area contributed by atoms with Gasteiger partial charge in [0.05, 0.1) is 4.90 Å². The second-order valence-electron chi connectivity index (χ2n) is 6.74. The third kappa shape index (κ3) is 5.80. The standard InChI is InChI=1S/C23H22N2O3S/c1-17-14-18(2)16-21(15-17)25-29(27,28)22-11-9-20(10-12-22)24-23(26)13-8-19-6-4-3-5-7-19/h3-16,25H,1-2H3,(H,24,26). The Balaban J connectivity index is 1.67. The number of hydrogen-bond acceptors (Lipinski definition) is 3. The van der Waals surface area contributed by atoms with Gasteiger partial charge < -0.3 is 5.32 Å². The van der Waals surface area contributed by atoms with Gasteiger partial charge in [-0.15, -0.1) is 0 Å². The van der Waals surface area contributed by atoms with Gasteiger partial charge in [0, 0.05) is 17.5 Å². The van der Waals surface area contributed by atoms with Crippen molar-refractivity contribution in [1.29, 1.82) is 0 Å². The van der Waals surface area contributed by atoms with Crippen molar-refractivity contribution >= 4 is 33.4 Å². The maximum Gasteiger partial charge on any atom is 0.261 e. The molecule has 0 fully saturated rings. The molecule has 1 amide bonds. The number of anilines is 2. The Morgan fingerprint density at radius 2 is 1.45 bits per heavy atom. The molecule has 0 saturated heterocycles. The van der Waals surface area contributed by atoms with E-state index in [1.54, 1.807) is 30.3 Å². The molecule has 0 atom stereocenters. The molecule has 29 heavy (non-hydrogen) atoms. The summed E-state index contributed by atoms with van der Waals surface area (Å²) in [5.41, 5.74) is 3.90. The lowest BCUT2D eigenvalue weighted by atomic mass is 10.1. The van der Waals surface area contributed by atoms with Crippen molar-refractivity contribution in [3.63, 3.8) is 0 Å². The van der Waals surface area contributed by atoms with Crippen LogP contribution in [0.25, 0.3) is 6.08 Å². The third-order valence-corrected chi connectivity index (χ3v) is 5.53. The number of sulfonamides is 1. The first-order valence-corrected chi connectivity index (χ1v) is 10.6. The van der Waals surface area contributed by atoms with Gasteiger partial charge in [0.1, 0.15) is 0 Å². The first-order chi connectivity index (χ1) is 13.8. The van der Waals surface area contributed by atoms with E-state index in [4.69, 9.17) is 0 Å². The molecule has 148 valence electrons. The number of aryl methyl sites for hydroxylation is 2. The van der Waals surface area contributed by atoms with Crippen LogP contribution in [0.5, 0.6) is 0 Å².